The quantitative estimate of drug-likeness (QED) is 0.499. The first-order valence-electron chi connectivity index (χ1n) is 9.37. The minimum absolute atomic E-state index is 0.0410. The third kappa shape index (κ3) is 5.62. The van der Waals surface area contributed by atoms with Gasteiger partial charge in [0.2, 0.25) is 5.78 Å². The van der Waals surface area contributed by atoms with E-state index in [9.17, 15) is 22.8 Å². The molecule has 1 atom stereocenters. The third-order valence-electron chi connectivity index (χ3n) is 4.33. The van der Waals surface area contributed by atoms with Crippen molar-refractivity contribution in [2.75, 3.05) is 6.61 Å². The summed E-state index contributed by atoms with van der Waals surface area (Å²) in [6, 6.07) is 10.2. The first-order chi connectivity index (χ1) is 15.1. The number of carboxylic acids is 1. The fraction of sp³-hybridized carbons (Fsp3) is 0.238. The van der Waals surface area contributed by atoms with Crippen LogP contribution < -0.4 is 9.47 Å². The molecule has 32 heavy (non-hydrogen) atoms. The highest BCUT2D eigenvalue weighted by molar-refractivity contribution is 6.06. The second kappa shape index (κ2) is 9.50. The van der Waals surface area contributed by atoms with Gasteiger partial charge >= 0.3 is 12.1 Å². The summed E-state index contributed by atoms with van der Waals surface area (Å²) >= 11 is 0. The van der Waals surface area contributed by atoms with Crippen molar-refractivity contribution in [1.29, 1.82) is 0 Å². The van der Waals surface area contributed by atoms with Crippen molar-refractivity contribution in [3.63, 3.8) is 0 Å². The van der Waals surface area contributed by atoms with Crippen molar-refractivity contribution in [2.24, 2.45) is 0 Å². The zero-order valence-corrected chi connectivity index (χ0v) is 16.7. The van der Waals surface area contributed by atoms with Crippen molar-refractivity contribution in [2.45, 2.75) is 25.7 Å². The highest BCUT2D eigenvalue weighted by Gasteiger charge is 2.30. The number of benzene rings is 2. The molecule has 0 aliphatic heterocycles. The van der Waals surface area contributed by atoms with Gasteiger partial charge in [-0.05, 0) is 31.2 Å². The number of alkyl halides is 3. The number of hydrogen-bond acceptors (Lipinski definition) is 6. The number of rotatable bonds is 9. The summed E-state index contributed by atoms with van der Waals surface area (Å²) in [6.07, 6.45) is -4.36. The number of aliphatic carboxylic acids is 1. The normalized spacial score (nSPS) is 12.2. The monoisotopic (exact) mass is 449 g/mol. The molecule has 3 rings (SSSR count). The van der Waals surface area contributed by atoms with Gasteiger partial charge in [-0.2, -0.15) is 18.3 Å². The fourth-order valence-electron chi connectivity index (χ4n) is 2.69. The van der Waals surface area contributed by atoms with Gasteiger partial charge in [0.05, 0.1) is 12.1 Å². The molecule has 0 aliphatic carbocycles. The minimum atomic E-state index is -4.49. The molecule has 0 aliphatic rings. The van der Waals surface area contributed by atoms with E-state index < -0.39 is 29.6 Å². The molecule has 0 bridgehead atoms. The molecular formula is C21H18F3N3O5. The summed E-state index contributed by atoms with van der Waals surface area (Å²) in [7, 11) is 0. The molecule has 0 unspecified atom stereocenters. The molecule has 0 spiro atoms. The molecule has 0 fully saturated rings. The van der Waals surface area contributed by atoms with Crippen molar-refractivity contribution >= 4 is 11.8 Å². The molecule has 1 aromatic heterocycles. The van der Waals surface area contributed by atoms with Crippen LogP contribution in [-0.2, 0) is 17.5 Å². The first kappa shape index (κ1) is 22.8. The van der Waals surface area contributed by atoms with Crippen LogP contribution >= 0.6 is 0 Å². The van der Waals surface area contributed by atoms with Crippen molar-refractivity contribution in [1.82, 2.24) is 14.8 Å². The van der Waals surface area contributed by atoms with Gasteiger partial charge in [0, 0.05) is 11.6 Å². The number of aromatic nitrogens is 3. The highest BCUT2D eigenvalue weighted by atomic mass is 19.4. The van der Waals surface area contributed by atoms with Gasteiger partial charge in [-0.3, -0.25) is 4.79 Å². The van der Waals surface area contributed by atoms with Crippen LogP contribution in [0.4, 0.5) is 13.2 Å². The number of ketones is 1. The largest absolute Gasteiger partial charge is 0.492 e. The molecular weight excluding hydrogens is 431 g/mol. The van der Waals surface area contributed by atoms with E-state index in [0.29, 0.717) is 11.5 Å². The van der Waals surface area contributed by atoms with E-state index in [1.165, 1.54) is 24.0 Å². The number of halogens is 3. The summed E-state index contributed by atoms with van der Waals surface area (Å²) in [5, 5.41) is 12.9. The average Bonchev–Trinajstić information content (AvgIpc) is 3.21. The van der Waals surface area contributed by atoms with Crippen molar-refractivity contribution < 1.29 is 37.3 Å². The lowest BCUT2D eigenvalue weighted by Gasteiger charge is -2.12. The number of ether oxygens (including phenoxy) is 2. The Morgan fingerprint density at radius 1 is 1.12 bits per heavy atom. The molecule has 1 heterocycles. The van der Waals surface area contributed by atoms with Crippen LogP contribution in [0.3, 0.4) is 0 Å². The Kier molecular flexibility index (Phi) is 6.76. The van der Waals surface area contributed by atoms with Crippen molar-refractivity contribution in [3.8, 4) is 11.5 Å². The predicted molar refractivity (Wildman–Crippen MR) is 105 cm³/mol. The van der Waals surface area contributed by atoms with Crippen LogP contribution in [-0.4, -0.2) is 44.3 Å². The summed E-state index contributed by atoms with van der Waals surface area (Å²) in [5.74, 6) is -0.991. The maximum absolute atomic E-state index is 12.7. The number of carboxylic acid groups (broad SMARTS) is 1. The number of hydrogen-bond donors (Lipinski definition) is 1. The Hall–Kier alpha value is -3.89. The van der Waals surface area contributed by atoms with Gasteiger partial charge in [-0.15, -0.1) is 0 Å². The number of carbonyl (C=O) groups is 2. The minimum Gasteiger partial charge on any atom is -0.492 e. The molecule has 8 nitrogen and oxygen atoms in total. The van der Waals surface area contributed by atoms with Gasteiger partial charge in [0.25, 0.3) is 0 Å². The van der Waals surface area contributed by atoms with E-state index >= 15 is 0 Å². The van der Waals surface area contributed by atoms with Crippen LogP contribution in [0.15, 0.2) is 54.9 Å². The molecule has 0 saturated heterocycles. The summed E-state index contributed by atoms with van der Waals surface area (Å²) in [6.45, 7) is 1.63. The van der Waals surface area contributed by atoms with E-state index in [1.54, 1.807) is 18.2 Å². The van der Waals surface area contributed by atoms with Gasteiger partial charge in [-0.25, -0.2) is 14.5 Å². The lowest BCUT2D eigenvalue weighted by molar-refractivity contribution is -0.144. The summed E-state index contributed by atoms with van der Waals surface area (Å²) < 4.78 is 50.3. The molecule has 168 valence electrons. The molecule has 0 saturated carbocycles. The SMILES string of the molecule is C[C@H](Oc1cccc(OCCn2ncnc2C(=O)c2ccc(C(F)(F)F)cc2)c1)C(=O)O. The van der Waals surface area contributed by atoms with E-state index in [2.05, 4.69) is 10.1 Å². The molecule has 3 aromatic rings. The van der Waals surface area contributed by atoms with Crippen LogP contribution in [0.2, 0.25) is 0 Å². The van der Waals surface area contributed by atoms with Crippen LogP contribution in [0.1, 0.15) is 28.7 Å². The number of nitrogens with zero attached hydrogens (tertiary/aromatic N) is 3. The molecule has 0 amide bonds. The predicted octanol–water partition coefficient (Wildman–Crippen LogP) is 3.46. The summed E-state index contributed by atoms with van der Waals surface area (Å²) in [4.78, 5) is 27.4. The van der Waals surface area contributed by atoms with Crippen LogP contribution in [0, 0.1) is 0 Å². The molecule has 1 N–H and O–H groups in total. The summed E-state index contributed by atoms with van der Waals surface area (Å²) in [5.41, 5.74) is -0.807. The van der Waals surface area contributed by atoms with Gasteiger partial charge in [-0.1, -0.05) is 18.2 Å². The molecule has 11 heteroatoms. The van der Waals surface area contributed by atoms with E-state index in [1.807, 2.05) is 0 Å². The van der Waals surface area contributed by atoms with Crippen molar-refractivity contribution in [3.05, 3.63) is 71.8 Å². The topological polar surface area (TPSA) is 104 Å². The van der Waals surface area contributed by atoms with Crippen LogP contribution in [0.25, 0.3) is 0 Å². The fourth-order valence-corrected chi connectivity index (χ4v) is 2.69. The Bertz CT molecular complexity index is 1100. The van der Waals surface area contributed by atoms with E-state index in [-0.39, 0.29) is 24.5 Å². The Balaban J connectivity index is 1.62. The van der Waals surface area contributed by atoms with Crippen LogP contribution in [0.5, 0.6) is 11.5 Å². The third-order valence-corrected chi connectivity index (χ3v) is 4.33. The lowest BCUT2D eigenvalue weighted by Crippen LogP contribution is -2.22. The lowest BCUT2D eigenvalue weighted by atomic mass is 10.1. The second-order valence-corrected chi connectivity index (χ2v) is 6.63. The first-order valence-corrected chi connectivity index (χ1v) is 9.37. The number of carbonyl (C=O) groups excluding carboxylic acids is 1. The van der Waals surface area contributed by atoms with Gasteiger partial charge < -0.3 is 14.6 Å². The molecule has 2 aromatic carbocycles. The zero-order valence-electron chi connectivity index (χ0n) is 16.7. The Morgan fingerprint density at radius 3 is 2.47 bits per heavy atom. The maximum Gasteiger partial charge on any atom is 0.416 e. The Morgan fingerprint density at radius 2 is 1.81 bits per heavy atom. The van der Waals surface area contributed by atoms with Gasteiger partial charge in [0.1, 0.15) is 24.4 Å². The molecule has 0 radical (unpaired) electrons. The Labute approximate surface area is 180 Å². The average molecular weight is 449 g/mol. The van der Waals surface area contributed by atoms with E-state index in [4.69, 9.17) is 14.6 Å². The second-order valence-electron chi connectivity index (χ2n) is 6.63. The highest BCUT2D eigenvalue weighted by Crippen LogP contribution is 2.29. The standard InChI is InChI=1S/C21H18F3N3O5/c1-13(20(29)30)32-17-4-2-3-16(11-17)31-10-9-27-19(25-12-26-27)18(28)14-5-7-15(8-6-14)21(22,23)24/h2-8,11-13H,9-10H2,1H3,(H,29,30)/t13-/m0/s1. The van der Waals surface area contributed by atoms with Gasteiger partial charge in [0.15, 0.2) is 11.9 Å². The smallest absolute Gasteiger partial charge is 0.416 e. The zero-order chi connectivity index (χ0) is 23.3. The maximum atomic E-state index is 12.7. The van der Waals surface area contributed by atoms with E-state index in [0.717, 1.165) is 24.3 Å².